The number of hydrogen-bond donors (Lipinski definition) is 1. The molecule has 0 saturated carbocycles. The van der Waals surface area contributed by atoms with Crippen LogP contribution in [-0.2, 0) is 19.8 Å². The number of nitrogens with one attached hydrogen (secondary N) is 1. The van der Waals surface area contributed by atoms with Crippen LogP contribution < -0.4 is 19.8 Å². The van der Waals surface area contributed by atoms with E-state index in [9.17, 15) is 19.2 Å². The number of rotatable bonds is 4. The molecule has 1 unspecified atom stereocenters. The number of hydrazine groups is 1. The van der Waals surface area contributed by atoms with Crippen molar-refractivity contribution in [1.82, 2.24) is 10.4 Å². The van der Waals surface area contributed by atoms with Crippen LogP contribution in [0.15, 0.2) is 54.6 Å². The quantitative estimate of drug-likeness (QED) is 0.412. The van der Waals surface area contributed by atoms with Crippen LogP contribution in [0.3, 0.4) is 0 Å². The summed E-state index contributed by atoms with van der Waals surface area (Å²) >= 11 is 0. The van der Waals surface area contributed by atoms with Crippen molar-refractivity contribution in [3.63, 3.8) is 0 Å². The van der Waals surface area contributed by atoms with Gasteiger partial charge in [-0.3, -0.25) is 24.6 Å². The molecule has 0 spiro atoms. The Bertz CT molecular complexity index is 1210. The van der Waals surface area contributed by atoms with Gasteiger partial charge < -0.3 is 9.47 Å². The molecule has 182 valence electrons. The molecule has 2 aromatic rings. The Morgan fingerprint density at radius 1 is 1.06 bits per heavy atom. The van der Waals surface area contributed by atoms with Crippen LogP contribution >= 0.6 is 0 Å². The number of fused-ring (bicyclic) bond motifs is 1. The van der Waals surface area contributed by atoms with Gasteiger partial charge in [-0.2, -0.15) is 0 Å². The Labute approximate surface area is 203 Å². The first-order valence-electron chi connectivity index (χ1n) is 11.2. The number of benzene rings is 2. The van der Waals surface area contributed by atoms with Crippen molar-refractivity contribution in [2.75, 3.05) is 11.7 Å². The van der Waals surface area contributed by atoms with Gasteiger partial charge in [0.2, 0.25) is 12.7 Å². The molecule has 0 radical (unpaired) electrons. The minimum Gasteiger partial charge on any atom is -0.454 e. The van der Waals surface area contributed by atoms with Crippen LogP contribution in [-0.4, -0.2) is 41.5 Å². The van der Waals surface area contributed by atoms with Gasteiger partial charge in [-0.25, -0.2) is 9.91 Å². The number of nitrogens with zero attached hydrogens (tertiary/aromatic N) is 2. The number of carbonyl (C=O) groups is 4. The van der Waals surface area contributed by atoms with E-state index in [1.54, 1.807) is 31.2 Å². The lowest BCUT2D eigenvalue weighted by Crippen LogP contribution is -2.54. The maximum atomic E-state index is 13.3. The van der Waals surface area contributed by atoms with Crippen molar-refractivity contribution < 1.29 is 28.7 Å². The van der Waals surface area contributed by atoms with E-state index in [2.05, 4.69) is 26.2 Å². The minimum absolute atomic E-state index is 0.0533. The zero-order valence-electron chi connectivity index (χ0n) is 20.0. The van der Waals surface area contributed by atoms with Crippen molar-refractivity contribution in [3.05, 3.63) is 65.7 Å². The van der Waals surface area contributed by atoms with E-state index in [0.717, 1.165) is 15.5 Å². The Morgan fingerprint density at radius 2 is 1.74 bits per heavy atom. The largest absolute Gasteiger partial charge is 0.454 e. The number of anilines is 1. The lowest BCUT2D eigenvalue weighted by atomic mass is 9.87. The predicted octanol–water partition coefficient (Wildman–Crippen LogP) is 3.09. The molecule has 2 aliphatic rings. The standard InChI is InChI=1S/C26H27N3O6/c1-5-6-22(30)29(27-24(32)16-7-9-17(10-8-16)26(2,3)4)19-14-23(31)28(25(19)33)18-11-12-20-21(13-18)35-15-34-20/h5-13,19H,14-15H2,1-4H3,(H,27,32). The van der Waals surface area contributed by atoms with Gasteiger partial charge in [0.25, 0.3) is 17.7 Å². The van der Waals surface area contributed by atoms with Crippen LogP contribution in [0.4, 0.5) is 5.69 Å². The van der Waals surface area contributed by atoms with Crippen molar-refractivity contribution in [3.8, 4) is 11.5 Å². The van der Waals surface area contributed by atoms with E-state index in [1.165, 1.54) is 18.2 Å². The second-order valence-corrected chi connectivity index (χ2v) is 9.30. The summed E-state index contributed by atoms with van der Waals surface area (Å²) in [5.41, 5.74) is 4.11. The number of amides is 4. The summed E-state index contributed by atoms with van der Waals surface area (Å²) in [6.45, 7) is 7.89. The van der Waals surface area contributed by atoms with E-state index in [1.807, 2.05) is 12.1 Å². The van der Waals surface area contributed by atoms with Gasteiger partial charge in [-0.05, 0) is 42.2 Å². The molecule has 1 atom stereocenters. The van der Waals surface area contributed by atoms with Gasteiger partial charge in [0, 0.05) is 17.7 Å². The Kier molecular flexibility index (Phi) is 6.34. The first-order chi connectivity index (χ1) is 16.6. The molecule has 0 aromatic heterocycles. The second-order valence-electron chi connectivity index (χ2n) is 9.30. The first-order valence-corrected chi connectivity index (χ1v) is 11.2. The van der Waals surface area contributed by atoms with Crippen LogP contribution in [0.5, 0.6) is 11.5 Å². The molecule has 35 heavy (non-hydrogen) atoms. The summed E-state index contributed by atoms with van der Waals surface area (Å²) in [5, 5.41) is 0.924. The SMILES string of the molecule is CC=CC(=O)N(NC(=O)c1ccc(C(C)(C)C)cc1)C1CC(=O)N(c2ccc3c(c2)OCO3)C1=O. The number of imide groups is 1. The fourth-order valence-corrected chi connectivity index (χ4v) is 3.92. The molecule has 2 aromatic carbocycles. The molecule has 9 nitrogen and oxygen atoms in total. The fraction of sp³-hybridized carbons (Fsp3) is 0.308. The van der Waals surface area contributed by atoms with Crippen LogP contribution in [0.25, 0.3) is 0 Å². The lowest BCUT2D eigenvalue weighted by Gasteiger charge is -2.27. The summed E-state index contributed by atoms with van der Waals surface area (Å²) in [7, 11) is 0. The molecule has 0 bridgehead atoms. The molecule has 2 aliphatic heterocycles. The number of allylic oxidation sites excluding steroid dienone is 1. The second kappa shape index (κ2) is 9.25. The third-order valence-corrected chi connectivity index (χ3v) is 5.83. The monoisotopic (exact) mass is 477 g/mol. The smallest absolute Gasteiger partial charge is 0.269 e. The molecule has 4 amide bonds. The third-order valence-electron chi connectivity index (χ3n) is 5.83. The van der Waals surface area contributed by atoms with Crippen LogP contribution in [0.2, 0.25) is 0 Å². The zero-order chi connectivity index (χ0) is 25.3. The molecule has 1 fully saturated rings. The van der Waals surface area contributed by atoms with E-state index in [0.29, 0.717) is 22.7 Å². The van der Waals surface area contributed by atoms with Crippen LogP contribution in [0.1, 0.15) is 50.0 Å². The summed E-state index contributed by atoms with van der Waals surface area (Å²) in [5.74, 6) is -1.38. The van der Waals surface area contributed by atoms with Crippen molar-refractivity contribution in [2.24, 2.45) is 0 Å². The summed E-state index contributed by atoms with van der Waals surface area (Å²) in [6.07, 6.45) is 2.44. The third kappa shape index (κ3) is 4.75. The lowest BCUT2D eigenvalue weighted by molar-refractivity contribution is -0.137. The highest BCUT2D eigenvalue weighted by Gasteiger charge is 2.45. The summed E-state index contributed by atoms with van der Waals surface area (Å²) in [6, 6.07) is 10.5. The Morgan fingerprint density at radius 3 is 2.40 bits per heavy atom. The average Bonchev–Trinajstić information content (AvgIpc) is 3.40. The van der Waals surface area contributed by atoms with Crippen LogP contribution in [0, 0.1) is 0 Å². The first kappa shape index (κ1) is 24.0. The highest BCUT2D eigenvalue weighted by Crippen LogP contribution is 2.37. The number of carbonyl (C=O) groups excluding carboxylic acids is 4. The average molecular weight is 478 g/mol. The van der Waals surface area contributed by atoms with Gasteiger partial charge in [0.15, 0.2) is 11.5 Å². The van der Waals surface area contributed by atoms with Gasteiger partial charge in [-0.1, -0.05) is 39.0 Å². The molecule has 1 N–H and O–H groups in total. The van der Waals surface area contributed by atoms with E-state index < -0.39 is 29.7 Å². The summed E-state index contributed by atoms with van der Waals surface area (Å²) < 4.78 is 10.6. The van der Waals surface area contributed by atoms with E-state index >= 15 is 0 Å². The van der Waals surface area contributed by atoms with Gasteiger partial charge in [-0.15, -0.1) is 0 Å². The predicted molar refractivity (Wildman–Crippen MR) is 128 cm³/mol. The van der Waals surface area contributed by atoms with Crippen molar-refractivity contribution in [1.29, 1.82) is 0 Å². The van der Waals surface area contributed by atoms with E-state index in [-0.39, 0.29) is 18.6 Å². The Balaban J connectivity index is 1.58. The molecular formula is C26H27N3O6. The fourth-order valence-electron chi connectivity index (χ4n) is 3.92. The molecule has 2 heterocycles. The molecule has 1 saturated heterocycles. The van der Waals surface area contributed by atoms with E-state index in [4.69, 9.17) is 9.47 Å². The number of ether oxygens (including phenoxy) is 2. The summed E-state index contributed by atoms with van der Waals surface area (Å²) in [4.78, 5) is 52.9. The number of hydrogen-bond acceptors (Lipinski definition) is 6. The molecule has 0 aliphatic carbocycles. The highest BCUT2D eigenvalue weighted by molar-refractivity contribution is 6.23. The maximum Gasteiger partial charge on any atom is 0.269 e. The van der Waals surface area contributed by atoms with Gasteiger partial charge in [0.05, 0.1) is 12.1 Å². The van der Waals surface area contributed by atoms with Crippen molar-refractivity contribution >= 4 is 29.3 Å². The minimum atomic E-state index is -1.20. The van der Waals surface area contributed by atoms with Crippen molar-refractivity contribution in [2.45, 2.75) is 45.6 Å². The molecular weight excluding hydrogens is 450 g/mol. The highest BCUT2D eigenvalue weighted by atomic mass is 16.7. The van der Waals surface area contributed by atoms with Gasteiger partial charge >= 0.3 is 0 Å². The normalized spacial score (nSPS) is 17.3. The maximum absolute atomic E-state index is 13.3. The zero-order valence-corrected chi connectivity index (χ0v) is 20.0. The Hall–Kier alpha value is -4.14. The van der Waals surface area contributed by atoms with Gasteiger partial charge in [0.1, 0.15) is 6.04 Å². The molecule has 4 rings (SSSR count). The topological polar surface area (TPSA) is 105 Å². The molecule has 9 heteroatoms.